The first-order valence-corrected chi connectivity index (χ1v) is 15.1. The molecule has 0 unspecified atom stereocenters. The van der Waals surface area contributed by atoms with Crippen molar-refractivity contribution in [3.05, 3.63) is 96.9 Å². The monoisotopic (exact) mass is 641 g/mol. The lowest BCUT2D eigenvalue weighted by Gasteiger charge is -2.30. The van der Waals surface area contributed by atoms with Crippen molar-refractivity contribution < 1.29 is 23.9 Å². The fourth-order valence-corrected chi connectivity index (χ4v) is 7.89. The highest BCUT2D eigenvalue weighted by Gasteiger charge is 2.56. The molecule has 0 saturated carbocycles. The highest BCUT2D eigenvalue weighted by Crippen LogP contribution is 2.53. The van der Waals surface area contributed by atoms with E-state index in [0.29, 0.717) is 48.4 Å². The van der Waals surface area contributed by atoms with Gasteiger partial charge in [-0.2, -0.15) is 0 Å². The number of aromatic amines is 1. The second-order valence-electron chi connectivity index (χ2n) is 9.50. The summed E-state index contributed by atoms with van der Waals surface area (Å²) >= 11 is 14.2. The summed E-state index contributed by atoms with van der Waals surface area (Å²) in [4.78, 5) is 56.8. The van der Waals surface area contributed by atoms with Crippen LogP contribution in [0.15, 0.2) is 76.6 Å². The number of rotatable bonds is 7. The third-order valence-corrected chi connectivity index (χ3v) is 10.1. The van der Waals surface area contributed by atoms with Gasteiger partial charge in [-0.05, 0) is 60.2 Å². The molecule has 6 rings (SSSR count). The van der Waals surface area contributed by atoms with Gasteiger partial charge in [0.2, 0.25) is 11.8 Å². The lowest BCUT2D eigenvalue weighted by Crippen LogP contribution is -2.32. The van der Waals surface area contributed by atoms with Crippen LogP contribution in [0.3, 0.4) is 0 Å². The van der Waals surface area contributed by atoms with Gasteiger partial charge >= 0.3 is 4.87 Å². The van der Waals surface area contributed by atoms with E-state index in [1.807, 2.05) is 6.07 Å². The number of thiazole rings is 1. The van der Waals surface area contributed by atoms with Crippen molar-refractivity contribution in [3.8, 4) is 11.5 Å². The van der Waals surface area contributed by atoms with E-state index in [9.17, 15) is 19.2 Å². The Hall–Kier alpha value is -3.77. The van der Waals surface area contributed by atoms with Gasteiger partial charge in [-0.3, -0.25) is 19.2 Å². The maximum absolute atomic E-state index is 13.9. The molecule has 1 fully saturated rings. The van der Waals surface area contributed by atoms with Crippen molar-refractivity contribution in [2.24, 2.45) is 5.92 Å². The number of hydrogen-bond donors (Lipinski definition) is 2. The summed E-state index contributed by atoms with van der Waals surface area (Å²) in [7, 11) is 1.54. The van der Waals surface area contributed by atoms with Crippen molar-refractivity contribution in [2.75, 3.05) is 23.9 Å². The highest BCUT2D eigenvalue weighted by atomic mass is 35.5. The molecule has 9 nitrogen and oxygen atoms in total. The van der Waals surface area contributed by atoms with Crippen LogP contribution in [-0.2, 0) is 14.4 Å². The van der Waals surface area contributed by atoms with Gasteiger partial charge in [-0.1, -0.05) is 58.4 Å². The van der Waals surface area contributed by atoms with Crippen LogP contribution >= 0.6 is 46.3 Å². The van der Waals surface area contributed by atoms with Crippen LogP contribution in [0, 0.1) is 5.92 Å². The summed E-state index contributed by atoms with van der Waals surface area (Å²) in [5, 5.41) is 3.22. The number of carbonyl (C=O) groups is 3. The van der Waals surface area contributed by atoms with Crippen molar-refractivity contribution in [1.29, 1.82) is 0 Å². The first kappa shape index (κ1) is 28.4. The third kappa shape index (κ3) is 5.29. The zero-order valence-electron chi connectivity index (χ0n) is 21.8. The van der Waals surface area contributed by atoms with Crippen LogP contribution in [0.1, 0.15) is 16.4 Å². The van der Waals surface area contributed by atoms with E-state index in [-0.39, 0.29) is 23.3 Å². The molecule has 0 radical (unpaired) electrons. The number of benzene rings is 3. The smallest absolute Gasteiger partial charge is 0.305 e. The number of anilines is 2. The molecular weight excluding hydrogens is 621 g/mol. The Morgan fingerprint density at radius 2 is 1.76 bits per heavy atom. The number of nitrogens with one attached hydrogen (secondary N) is 2. The molecule has 2 N–H and O–H groups in total. The number of fused-ring (bicyclic) bond motifs is 2. The van der Waals surface area contributed by atoms with Crippen LogP contribution in [0.5, 0.6) is 11.5 Å². The van der Waals surface area contributed by atoms with E-state index in [4.69, 9.17) is 32.7 Å². The molecule has 42 heavy (non-hydrogen) atoms. The molecule has 3 amide bonds. The van der Waals surface area contributed by atoms with Gasteiger partial charge in [0.05, 0.1) is 33.8 Å². The highest BCUT2D eigenvalue weighted by molar-refractivity contribution is 8.00. The average molecular weight is 643 g/mol. The van der Waals surface area contributed by atoms with Crippen LogP contribution in [0.2, 0.25) is 10.0 Å². The maximum Gasteiger partial charge on any atom is 0.305 e. The van der Waals surface area contributed by atoms with Gasteiger partial charge in [-0.25, -0.2) is 4.90 Å². The number of methoxy groups -OCH3 is 1. The summed E-state index contributed by atoms with van der Waals surface area (Å²) in [6, 6.07) is 18.4. The molecule has 0 spiro atoms. The predicted octanol–water partition coefficient (Wildman–Crippen LogP) is 5.57. The first-order chi connectivity index (χ1) is 20.2. The molecule has 0 aliphatic carbocycles. The Morgan fingerprint density at radius 3 is 2.50 bits per heavy atom. The quantitative estimate of drug-likeness (QED) is 0.254. The molecule has 2 aliphatic rings. The van der Waals surface area contributed by atoms with Gasteiger partial charge in [0, 0.05) is 16.5 Å². The van der Waals surface area contributed by atoms with Gasteiger partial charge in [0.1, 0.15) is 16.7 Å². The normalized spacial score (nSPS) is 19.3. The van der Waals surface area contributed by atoms with Gasteiger partial charge in [0.15, 0.2) is 6.61 Å². The molecule has 4 aromatic rings. The van der Waals surface area contributed by atoms with Crippen molar-refractivity contribution in [3.63, 3.8) is 0 Å². The second-order valence-corrected chi connectivity index (χ2v) is 12.5. The Labute approximate surface area is 257 Å². The van der Waals surface area contributed by atoms with Crippen LogP contribution in [-0.4, -0.2) is 41.7 Å². The van der Waals surface area contributed by atoms with Crippen molar-refractivity contribution in [1.82, 2.24) is 4.98 Å². The average Bonchev–Trinajstić information content (AvgIpc) is 3.48. The van der Waals surface area contributed by atoms with Crippen LogP contribution < -0.4 is 24.6 Å². The fraction of sp³-hybridized carbons (Fsp3) is 0.172. The Kier molecular flexibility index (Phi) is 7.75. The van der Waals surface area contributed by atoms with Gasteiger partial charge < -0.3 is 19.8 Å². The zero-order chi connectivity index (χ0) is 29.5. The number of halogens is 2. The summed E-state index contributed by atoms with van der Waals surface area (Å²) in [6.45, 7) is -0.290. The molecule has 2 aliphatic heterocycles. The lowest BCUT2D eigenvalue weighted by molar-refractivity contribution is -0.122. The molecule has 3 heterocycles. The summed E-state index contributed by atoms with van der Waals surface area (Å²) in [6.07, 6.45) is 0. The van der Waals surface area contributed by atoms with Crippen LogP contribution in [0.25, 0.3) is 0 Å². The number of amides is 3. The maximum atomic E-state index is 13.9. The predicted molar refractivity (Wildman–Crippen MR) is 162 cm³/mol. The number of aromatic nitrogens is 1. The molecule has 3 aromatic carbocycles. The minimum atomic E-state index is -0.753. The minimum Gasteiger partial charge on any atom is -0.497 e. The summed E-state index contributed by atoms with van der Waals surface area (Å²) < 4.78 is 11.0. The first-order valence-electron chi connectivity index (χ1n) is 12.6. The van der Waals surface area contributed by atoms with Gasteiger partial charge in [-0.15, -0.1) is 0 Å². The molecule has 214 valence electrons. The van der Waals surface area contributed by atoms with E-state index < -0.39 is 23.0 Å². The standard InChI is InChI=1S/C29H21Cl2N3O6S2/c1-39-17-8-6-16(7-9-17)34-27(36)23-22(24-26(33-29(38)42-24)41-25(23)28(34)37)14-3-2-4-18(11-14)40-13-21(35)32-15-5-10-19(30)20(31)12-15/h2-12,22-23,25H,13H2,1H3,(H,32,35)(H,33,38)/t22-,23-,25+/m0/s1. The fourth-order valence-electron chi connectivity index (χ4n) is 5.08. The zero-order valence-corrected chi connectivity index (χ0v) is 24.9. The number of hydrogen-bond acceptors (Lipinski definition) is 8. The van der Waals surface area contributed by atoms with E-state index in [1.54, 1.807) is 54.6 Å². The van der Waals surface area contributed by atoms with Crippen molar-refractivity contribution >= 4 is 75.4 Å². The summed E-state index contributed by atoms with van der Waals surface area (Å²) in [5.74, 6) is -1.46. The lowest BCUT2D eigenvalue weighted by atomic mass is 9.83. The largest absolute Gasteiger partial charge is 0.497 e. The second kappa shape index (κ2) is 11.5. The van der Waals surface area contributed by atoms with E-state index in [0.717, 1.165) is 11.3 Å². The molecule has 1 aromatic heterocycles. The summed E-state index contributed by atoms with van der Waals surface area (Å²) in [5.41, 5.74) is 1.60. The molecule has 3 atom stereocenters. The molecule has 1 saturated heterocycles. The van der Waals surface area contributed by atoms with E-state index in [2.05, 4.69) is 10.3 Å². The number of imide groups is 1. The van der Waals surface area contributed by atoms with E-state index in [1.165, 1.54) is 29.8 Å². The van der Waals surface area contributed by atoms with Crippen molar-refractivity contribution in [2.45, 2.75) is 16.2 Å². The third-order valence-electron chi connectivity index (χ3n) is 6.95. The number of ether oxygens (including phenoxy) is 2. The SMILES string of the molecule is COc1ccc(N2C(=O)[C@H]3[C@H](c4cccc(OCC(=O)Nc5ccc(Cl)c(Cl)c5)c4)c4sc(=O)[nH]c4S[C@H]3C2=O)cc1. The molecular formula is C29H21Cl2N3O6S2. The number of H-pyrrole nitrogens is 1. The Morgan fingerprint density at radius 1 is 0.976 bits per heavy atom. The number of thioether (sulfide) groups is 1. The van der Waals surface area contributed by atoms with Gasteiger partial charge in [0.25, 0.3) is 5.91 Å². The topological polar surface area (TPSA) is 118 Å². The minimum absolute atomic E-state index is 0.268. The van der Waals surface area contributed by atoms with E-state index >= 15 is 0 Å². The Balaban J connectivity index is 1.27. The Bertz CT molecular complexity index is 1770. The number of nitrogens with zero attached hydrogens (tertiary/aromatic N) is 1. The molecule has 0 bridgehead atoms. The van der Waals surface area contributed by atoms with Crippen LogP contribution in [0.4, 0.5) is 11.4 Å². The molecule has 13 heteroatoms. The number of carbonyl (C=O) groups excluding carboxylic acids is 3.